The smallest absolute Gasteiger partial charge is 0.0991 e. The molecule has 0 saturated carbocycles. The zero-order valence-electron chi connectivity index (χ0n) is 11.2. The Morgan fingerprint density at radius 2 is 2.05 bits per heavy atom. The Bertz CT molecular complexity index is 597. The quantitative estimate of drug-likeness (QED) is 0.908. The van der Waals surface area contributed by atoms with Crippen LogP contribution in [0.3, 0.4) is 0 Å². The Morgan fingerprint density at radius 3 is 2.79 bits per heavy atom. The van der Waals surface area contributed by atoms with Crippen molar-refractivity contribution in [2.24, 2.45) is 0 Å². The minimum atomic E-state index is 0.450. The van der Waals surface area contributed by atoms with Gasteiger partial charge in [-0.2, -0.15) is 5.26 Å². The van der Waals surface area contributed by atoms with Crippen LogP contribution in [0, 0.1) is 11.3 Å². The highest BCUT2D eigenvalue weighted by molar-refractivity contribution is 5.64. The molecule has 2 aromatic rings. The van der Waals surface area contributed by atoms with E-state index in [1.54, 1.807) is 6.07 Å². The van der Waals surface area contributed by atoms with Crippen molar-refractivity contribution in [3.8, 4) is 17.2 Å². The van der Waals surface area contributed by atoms with Crippen molar-refractivity contribution in [2.45, 2.75) is 26.4 Å². The number of hydrogen-bond acceptors (Lipinski definition) is 3. The maximum absolute atomic E-state index is 8.93. The maximum atomic E-state index is 8.93. The van der Waals surface area contributed by atoms with E-state index in [1.807, 2.05) is 30.6 Å². The highest BCUT2D eigenvalue weighted by Gasteiger charge is 2.02. The second kappa shape index (κ2) is 6.12. The van der Waals surface area contributed by atoms with E-state index in [9.17, 15) is 0 Å². The first-order chi connectivity index (χ1) is 9.19. The molecule has 0 amide bonds. The number of benzene rings is 1. The molecule has 3 heteroatoms. The summed E-state index contributed by atoms with van der Waals surface area (Å²) in [5.74, 6) is 0. The maximum Gasteiger partial charge on any atom is 0.0991 e. The molecule has 3 nitrogen and oxygen atoms in total. The van der Waals surface area contributed by atoms with Crippen LogP contribution in [-0.4, -0.2) is 11.0 Å². The molecule has 0 bridgehead atoms. The zero-order chi connectivity index (χ0) is 13.7. The van der Waals surface area contributed by atoms with E-state index < -0.39 is 0 Å². The van der Waals surface area contributed by atoms with E-state index in [1.165, 1.54) is 0 Å². The van der Waals surface area contributed by atoms with Crippen LogP contribution in [0.2, 0.25) is 0 Å². The predicted octanol–water partition coefficient (Wildman–Crippen LogP) is 3.12. The standard InChI is InChI=1S/C16H17N3/c1-12(2)19-10-14-7-16(11-18-9-14)15-5-3-4-13(6-15)8-17/h3-7,9,11-12,19H,10H2,1-2H3. The molecule has 96 valence electrons. The minimum Gasteiger partial charge on any atom is -0.310 e. The van der Waals surface area contributed by atoms with Crippen LogP contribution < -0.4 is 5.32 Å². The fourth-order valence-corrected chi connectivity index (χ4v) is 1.83. The van der Waals surface area contributed by atoms with Crippen LogP contribution in [0.25, 0.3) is 11.1 Å². The predicted molar refractivity (Wildman–Crippen MR) is 76.4 cm³/mol. The van der Waals surface area contributed by atoms with Crippen molar-refractivity contribution >= 4 is 0 Å². The number of rotatable bonds is 4. The Kier molecular flexibility index (Phi) is 4.27. The second-order valence-electron chi connectivity index (χ2n) is 4.81. The topological polar surface area (TPSA) is 48.7 Å². The molecule has 2 rings (SSSR count). The molecule has 1 aromatic heterocycles. The van der Waals surface area contributed by atoms with E-state index >= 15 is 0 Å². The van der Waals surface area contributed by atoms with Gasteiger partial charge in [-0.1, -0.05) is 26.0 Å². The first-order valence-corrected chi connectivity index (χ1v) is 6.37. The number of nitrogens with one attached hydrogen (secondary N) is 1. The summed E-state index contributed by atoms with van der Waals surface area (Å²) in [7, 11) is 0. The third-order valence-electron chi connectivity index (χ3n) is 2.83. The summed E-state index contributed by atoms with van der Waals surface area (Å²) in [6.07, 6.45) is 3.70. The van der Waals surface area contributed by atoms with Crippen LogP contribution in [0.5, 0.6) is 0 Å². The highest BCUT2D eigenvalue weighted by Crippen LogP contribution is 2.20. The molecule has 0 saturated heterocycles. The molecule has 19 heavy (non-hydrogen) atoms. The third-order valence-corrected chi connectivity index (χ3v) is 2.83. The SMILES string of the molecule is CC(C)NCc1cncc(-c2cccc(C#N)c2)c1. The van der Waals surface area contributed by atoms with Crippen molar-refractivity contribution in [3.05, 3.63) is 53.9 Å². The monoisotopic (exact) mass is 251 g/mol. The fraction of sp³-hybridized carbons (Fsp3) is 0.250. The summed E-state index contributed by atoms with van der Waals surface area (Å²) in [5.41, 5.74) is 3.88. The van der Waals surface area contributed by atoms with Crippen molar-refractivity contribution in [2.75, 3.05) is 0 Å². The molecule has 1 aromatic carbocycles. The summed E-state index contributed by atoms with van der Waals surface area (Å²) in [6, 6.07) is 12.3. The normalized spacial score (nSPS) is 10.4. The van der Waals surface area contributed by atoms with Gasteiger partial charge in [0, 0.05) is 30.5 Å². The van der Waals surface area contributed by atoms with Gasteiger partial charge in [-0.15, -0.1) is 0 Å². The average molecular weight is 251 g/mol. The molecular weight excluding hydrogens is 234 g/mol. The van der Waals surface area contributed by atoms with Gasteiger partial charge >= 0.3 is 0 Å². The van der Waals surface area contributed by atoms with Crippen molar-refractivity contribution in [1.82, 2.24) is 10.3 Å². The van der Waals surface area contributed by atoms with Crippen LogP contribution in [-0.2, 0) is 6.54 Å². The lowest BCUT2D eigenvalue weighted by Crippen LogP contribution is -2.21. The van der Waals surface area contributed by atoms with E-state index in [0.717, 1.165) is 23.2 Å². The summed E-state index contributed by atoms with van der Waals surface area (Å²) in [6.45, 7) is 5.04. The number of pyridine rings is 1. The summed E-state index contributed by atoms with van der Waals surface area (Å²) < 4.78 is 0. The molecule has 0 radical (unpaired) electrons. The van der Waals surface area contributed by atoms with Gasteiger partial charge < -0.3 is 5.32 Å². The molecular formula is C16H17N3. The van der Waals surface area contributed by atoms with Gasteiger partial charge in [0.15, 0.2) is 0 Å². The van der Waals surface area contributed by atoms with Crippen molar-refractivity contribution in [3.63, 3.8) is 0 Å². The van der Waals surface area contributed by atoms with Crippen LogP contribution in [0.1, 0.15) is 25.0 Å². The molecule has 0 fully saturated rings. The Labute approximate surface area is 113 Å². The van der Waals surface area contributed by atoms with Gasteiger partial charge in [0.2, 0.25) is 0 Å². The lowest BCUT2D eigenvalue weighted by atomic mass is 10.0. The zero-order valence-corrected chi connectivity index (χ0v) is 11.2. The third kappa shape index (κ3) is 3.64. The second-order valence-corrected chi connectivity index (χ2v) is 4.81. The van der Waals surface area contributed by atoms with Gasteiger partial charge in [0.1, 0.15) is 0 Å². The molecule has 0 aliphatic heterocycles. The number of nitrogens with zero attached hydrogens (tertiary/aromatic N) is 2. The fourth-order valence-electron chi connectivity index (χ4n) is 1.83. The van der Waals surface area contributed by atoms with E-state index in [0.29, 0.717) is 11.6 Å². The molecule has 0 aliphatic rings. The molecule has 1 N–H and O–H groups in total. The molecule has 0 aliphatic carbocycles. The molecule has 0 spiro atoms. The number of hydrogen-bond donors (Lipinski definition) is 1. The van der Waals surface area contributed by atoms with Gasteiger partial charge in [-0.05, 0) is 29.3 Å². The van der Waals surface area contributed by atoms with Gasteiger partial charge in [0.05, 0.1) is 11.6 Å². The van der Waals surface area contributed by atoms with Gasteiger partial charge in [-0.25, -0.2) is 0 Å². The molecule has 0 unspecified atom stereocenters. The van der Waals surface area contributed by atoms with Crippen molar-refractivity contribution < 1.29 is 0 Å². The Hall–Kier alpha value is -2.18. The largest absolute Gasteiger partial charge is 0.310 e. The van der Waals surface area contributed by atoms with E-state index in [4.69, 9.17) is 5.26 Å². The van der Waals surface area contributed by atoms with Crippen LogP contribution >= 0.6 is 0 Å². The molecule has 1 heterocycles. The van der Waals surface area contributed by atoms with Crippen molar-refractivity contribution in [1.29, 1.82) is 5.26 Å². The number of aromatic nitrogens is 1. The van der Waals surface area contributed by atoms with E-state index in [-0.39, 0.29) is 0 Å². The van der Waals surface area contributed by atoms with Gasteiger partial charge in [-0.3, -0.25) is 4.98 Å². The Morgan fingerprint density at radius 1 is 1.21 bits per heavy atom. The lowest BCUT2D eigenvalue weighted by Gasteiger charge is -2.09. The Balaban J connectivity index is 2.25. The van der Waals surface area contributed by atoms with Crippen LogP contribution in [0.4, 0.5) is 0 Å². The first kappa shape index (κ1) is 13.3. The number of nitriles is 1. The summed E-state index contributed by atoms with van der Waals surface area (Å²) in [4.78, 5) is 4.27. The van der Waals surface area contributed by atoms with Crippen LogP contribution in [0.15, 0.2) is 42.7 Å². The minimum absolute atomic E-state index is 0.450. The summed E-state index contributed by atoms with van der Waals surface area (Å²) in [5, 5.41) is 12.3. The van der Waals surface area contributed by atoms with E-state index in [2.05, 4.69) is 36.3 Å². The van der Waals surface area contributed by atoms with Gasteiger partial charge in [0.25, 0.3) is 0 Å². The molecule has 0 atom stereocenters. The summed E-state index contributed by atoms with van der Waals surface area (Å²) >= 11 is 0. The lowest BCUT2D eigenvalue weighted by molar-refractivity contribution is 0.588. The first-order valence-electron chi connectivity index (χ1n) is 6.37. The highest BCUT2D eigenvalue weighted by atomic mass is 14.9. The average Bonchev–Trinajstić information content (AvgIpc) is 2.45.